The summed E-state index contributed by atoms with van der Waals surface area (Å²) >= 11 is 6.14. The molecule has 0 bridgehead atoms. The van der Waals surface area contributed by atoms with E-state index in [-0.39, 0.29) is 10.5 Å². The smallest absolute Gasteiger partial charge is 0.255 e. The Bertz CT molecular complexity index is 1270. The van der Waals surface area contributed by atoms with Crippen molar-refractivity contribution in [3.63, 3.8) is 0 Å². The third-order valence-corrected chi connectivity index (χ3v) is 7.35. The fraction of sp³-hybridized carbons (Fsp3) is 0.208. The molecular weight excluding hydrogens is 480 g/mol. The number of rotatable bonds is 7. The van der Waals surface area contributed by atoms with Gasteiger partial charge >= 0.3 is 0 Å². The lowest BCUT2D eigenvalue weighted by Crippen LogP contribution is -2.40. The van der Waals surface area contributed by atoms with Crippen molar-refractivity contribution < 1.29 is 27.4 Å². The summed E-state index contributed by atoms with van der Waals surface area (Å²) in [7, 11) is -2.11. The van der Waals surface area contributed by atoms with Crippen molar-refractivity contribution in [3.8, 4) is 17.2 Å². The number of amides is 1. The van der Waals surface area contributed by atoms with Gasteiger partial charge in [0, 0.05) is 23.7 Å². The minimum atomic E-state index is -3.64. The van der Waals surface area contributed by atoms with E-state index in [4.69, 9.17) is 25.8 Å². The second-order valence-corrected chi connectivity index (χ2v) is 9.76. The number of carbonyl (C=O) groups excluding carboxylic acids is 1. The van der Waals surface area contributed by atoms with Crippen molar-refractivity contribution in [1.29, 1.82) is 0 Å². The van der Waals surface area contributed by atoms with E-state index in [1.165, 1.54) is 35.7 Å². The van der Waals surface area contributed by atoms with Gasteiger partial charge in [-0.2, -0.15) is 4.31 Å². The van der Waals surface area contributed by atoms with Crippen molar-refractivity contribution in [2.45, 2.75) is 4.90 Å². The maximum absolute atomic E-state index is 12.9. The second-order valence-electron chi connectivity index (χ2n) is 7.39. The molecule has 8 nitrogen and oxygen atoms in total. The fourth-order valence-electron chi connectivity index (χ4n) is 3.42. The van der Waals surface area contributed by atoms with Gasteiger partial charge in [-0.05, 0) is 54.6 Å². The molecule has 34 heavy (non-hydrogen) atoms. The number of nitrogens with zero attached hydrogens (tertiary/aromatic N) is 1. The molecule has 1 fully saturated rings. The van der Waals surface area contributed by atoms with Gasteiger partial charge in [-0.1, -0.05) is 23.7 Å². The van der Waals surface area contributed by atoms with Crippen LogP contribution >= 0.6 is 11.6 Å². The van der Waals surface area contributed by atoms with Crippen LogP contribution < -0.4 is 14.8 Å². The van der Waals surface area contributed by atoms with Crippen LogP contribution in [0.5, 0.6) is 17.2 Å². The van der Waals surface area contributed by atoms with Crippen LogP contribution in [0.1, 0.15) is 10.4 Å². The summed E-state index contributed by atoms with van der Waals surface area (Å²) in [6.07, 6.45) is 0. The van der Waals surface area contributed by atoms with E-state index in [9.17, 15) is 13.2 Å². The third kappa shape index (κ3) is 5.34. The average molecular weight is 503 g/mol. The predicted octanol–water partition coefficient (Wildman–Crippen LogP) is 4.41. The lowest BCUT2D eigenvalue weighted by molar-refractivity contribution is 0.0730. The Kier molecular flexibility index (Phi) is 7.38. The highest BCUT2D eigenvalue weighted by Crippen LogP contribution is 2.36. The normalized spacial score (nSPS) is 14.4. The van der Waals surface area contributed by atoms with Crippen LogP contribution in [0.2, 0.25) is 5.02 Å². The van der Waals surface area contributed by atoms with Gasteiger partial charge in [-0.25, -0.2) is 8.42 Å². The number of sulfonamides is 1. The van der Waals surface area contributed by atoms with E-state index >= 15 is 0 Å². The number of methoxy groups -OCH3 is 1. The molecule has 0 spiro atoms. The molecule has 10 heteroatoms. The molecule has 0 aromatic heterocycles. The Balaban J connectivity index is 1.53. The van der Waals surface area contributed by atoms with E-state index in [1.807, 2.05) is 6.07 Å². The first-order chi connectivity index (χ1) is 16.4. The number of nitrogens with one attached hydrogen (secondary N) is 1. The SMILES string of the molecule is COc1ccccc1Oc1ccc(Cl)cc1NC(=O)c1ccc(S(=O)(=O)N2CCOCC2)cc1. The van der Waals surface area contributed by atoms with Crippen molar-refractivity contribution in [3.05, 3.63) is 77.3 Å². The summed E-state index contributed by atoms with van der Waals surface area (Å²) in [5.41, 5.74) is 0.637. The van der Waals surface area contributed by atoms with Crippen LogP contribution in [-0.4, -0.2) is 52.0 Å². The summed E-state index contributed by atoms with van der Waals surface area (Å²) in [6, 6.07) is 17.8. The van der Waals surface area contributed by atoms with Crippen molar-refractivity contribution in [2.24, 2.45) is 0 Å². The zero-order valence-electron chi connectivity index (χ0n) is 18.4. The maximum atomic E-state index is 12.9. The molecule has 1 aliphatic rings. The molecule has 178 valence electrons. The number of morpholine rings is 1. The van der Waals surface area contributed by atoms with Crippen molar-refractivity contribution in [1.82, 2.24) is 4.31 Å². The lowest BCUT2D eigenvalue weighted by Gasteiger charge is -2.26. The molecule has 1 N–H and O–H groups in total. The number of anilines is 1. The average Bonchev–Trinajstić information content (AvgIpc) is 2.86. The van der Waals surface area contributed by atoms with Gasteiger partial charge in [0.2, 0.25) is 10.0 Å². The summed E-state index contributed by atoms with van der Waals surface area (Å²) in [6.45, 7) is 1.32. The van der Waals surface area contributed by atoms with E-state index in [0.717, 1.165) is 0 Å². The van der Waals surface area contributed by atoms with E-state index < -0.39 is 15.9 Å². The first-order valence-electron chi connectivity index (χ1n) is 10.5. The molecule has 3 aromatic carbocycles. The molecule has 0 radical (unpaired) electrons. The molecule has 0 aliphatic carbocycles. The van der Waals surface area contributed by atoms with Gasteiger partial charge in [0.15, 0.2) is 17.2 Å². The predicted molar refractivity (Wildman–Crippen MR) is 128 cm³/mol. The Morgan fingerprint density at radius 3 is 2.32 bits per heavy atom. The number of benzene rings is 3. The molecular formula is C24H23ClN2O6S. The molecule has 0 atom stereocenters. The number of halogens is 1. The summed E-state index contributed by atoms with van der Waals surface area (Å²) in [4.78, 5) is 13.0. The fourth-order valence-corrected chi connectivity index (χ4v) is 5.00. The molecule has 3 aromatic rings. The first-order valence-corrected chi connectivity index (χ1v) is 12.3. The maximum Gasteiger partial charge on any atom is 0.255 e. The topological polar surface area (TPSA) is 94.2 Å². The number of carbonyl (C=O) groups is 1. The Morgan fingerprint density at radius 2 is 1.65 bits per heavy atom. The minimum Gasteiger partial charge on any atom is -0.493 e. The molecule has 1 saturated heterocycles. The van der Waals surface area contributed by atoms with Crippen LogP contribution in [0, 0.1) is 0 Å². The summed E-state index contributed by atoms with van der Waals surface area (Å²) in [5, 5.41) is 3.19. The van der Waals surface area contributed by atoms with Gasteiger partial charge in [-0.15, -0.1) is 0 Å². The highest BCUT2D eigenvalue weighted by atomic mass is 35.5. The van der Waals surface area contributed by atoms with Crippen molar-refractivity contribution >= 4 is 33.2 Å². The molecule has 1 aliphatic heterocycles. The Labute approximate surface area is 203 Å². The highest BCUT2D eigenvalue weighted by molar-refractivity contribution is 7.89. The van der Waals surface area contributed by atoms with Gasteiger partial charge in [-0.3, -0.25) is 4.79 Å². The molecule has 0 unspecified atom stereocenters. The summed E-state index contributed by atoms with van der Waals surface area (Å²) in [5.74, 6) is 0.934. The molecule has 4 rings (SSSR count). The van der Waals surface area contributed by atoms with E-state index in [0.29, 0.717) is 54.3 Å². The van der Waals surface area contributed by atoms with Gasteiger partial charge < -0.3 is 19.5 Å². The largest absolute Gasteiger partial charge is 0.493 e. The van der Waals surface area contributed by atoms with Gasteiger partial charge in [0.25, 0.3) is 5.91 Å². The zero-order valence-corrected chi connectivity index (χ0v) is 19.9. The molecule has 0 saturated carbocycles. The molecule has 1 heterocycles. The number of para-hydroxylation sites is 2. The standard InChI is InChI=1S/C24H23ClN2O6S/c1-31-22-4-2-3-5-23(22)33-21-11-8-18(25)16-20(21)26-24(28)17-6-9-19(10-7-17)34(29,30)27-12-14-32-15-13-27/h2-11,16H,12-15H2,1H3,(H,26,28). The monoisotopic (exact) mass is 502 g/mol. The third-order valence-electron chi connectivity index (χ3n) is 5.20. The van der Waals surface area contributed by atoms with Crippen LogP contribution in [0.3, 0.4) is 0 Å². The summed E-state index contributed by atoms with van der Waals surface area (Å²) < 4.78 is 43.5. The highest BCUT2D eigenvalue weighted by Gasteiger charge is 2.26. The van der Waals surface area contributed by atoms with Crippen molar-refractivity contribution in [2.75, 3.05) is 38.7 Å². The van der Waals surface area contributed by atoms with E-state index in [1.54, 1.807) is 36.4 Å². The lowest BCUT2D eigenvalue weighted by atomic mass is 10.2. The number of ether oxygens (including phenoxy) is 3. The first kappa shape index (κ1) is 24.0. The zero-order chi connectivity index (χ0) is 24.1. The second kappa shape index (κ2) is 10.4. The minimum absolute atomic E-state index is 0.119. The van der Waals surface area contributed by atoms with Crippen LogP contribution in [-0.2, 0) is 14.8 Å². The van der Waals surface area contributed by atoms with Gasteiger partial charge in [0.05, 0.1) is 30.9 Å². The van der Waals surface area contributed by atoms with Crippen LogP contribution in [0.25, 0.3) is 0 Å². The van der Waals surface area contributed by atoms with Gasteiger partial charge in [0.1, 0.15) is 0 Å². The quantitative estimate of drug-likeness (QED) is 0.514. The Hall–Kier alpha value is -3.11. The van der Waals surface area contributed by atoms with Crippen LogP contribution in [0.4, 0.5) is 5.69 Å². The molecule has 1 amide bonds. The number of hydrogen-bond acceptors (Lipinski definition) is 6. The number of hydrogen-bond donors (Lipinski definition) is 1. The van der Waals surface area contributed by atoms with E-state index in [2.05, 4.69) is 5.32 Å². The van der Waals surface area contributed by atoms with Crippen LogP contribution in [0.15, 0.2) is 71.6 Å². The Morgan fingerprint density at radius 1 is 0.971 bits per heavy atom.